The summed E-state index contributed by atoms with van der Waals surface area (Å²) in [6.45, 7) is 0. The average Bonchev–Trinajstić information content (AvgIpc) is 2.49. The third-order valence-electron chi connectivity index (χ3n) is 3.36. The number of ether oxygens (including phenoxy) is 1. The van der Waals surface area contributed by atoms with Gasteiger partial charge >= 0.3 is 0 Å². The lowest BCUT2D eigenvalue weighted by atomic mass is 9.98. The van der Waals surface area contributed by atoms with Crippen LogP contribution >= 0.6 is 0 Å². The number of nitrogens with one attached hydrogen (secondary N) is 1. The summed E-state index contributed by atoms with van der Waals surface area (Å²) in [5.41, 5.74) is 0.997. The van der Waals surface area contributed by atoms with Gasteiger partial charge in [0, 0.05) is 11.6 Å². The highest BCUT2D eigenvalue weighted by Gasteiger charge is 2.18. The lowest BCUT2D eigenvalue weighted by molar-refractivity contribution is 0.380. The molecule has 5 heteroatoms. The Kier molecular flexibility index (Phi) is 4.85. The Bertz CT molecular complexity index is 631. The molecule has 21 heavy (non-hydrogen) atoms. The van der Waals surface area contributed by atoms with Crippen LogP contribution in [0.5, 0.6) is 5.75 Å². The summed E-state index contributed by atoms with van der Waals surface area (Å²) in [7, 11) is 3.08. The van der Waals surface area contributed by atoms with Gasteiger partial charge < -0.3 is 10.1 Å². The number of benzene rings is 2. The van der Waals surface area contributed by atoms with Gasteiger partial charge in [-0.05, 0) is 37.2 Å². The minimum Gasteiger partial charge on any atom is -0.494 e. The Morgan fingerprint density at radius 1 is 1.10 bits per heavy atom. The van der Waals surface area contributed by atoms with Crippen LogP contribution in [0.1, 0.15) is 17.2 Å². The smallest absolute Gasteiger partial charge is 0.169 e. The zero-order valence-electron chi connectivity index (χ0n) is 11.8. The molecule has 2 nitrogen and oxygen atoms in total. The molecule has 0 bridgehead atoms. The molecule has 2 aromatic rings. The van der Waals surface area contributed by atoms with Crippen LogP contribution in [0.15, 0.2) is 36.4 Å². The third-order valence-corrected chi connectivity index (χ3v) is 3.36. The topological polar surface area (TPSA) is 21.3 Å². The van der Waals surface area contributed by atoms with Crippen LogP contribution in [0.3, 0.4) is 0 Å². The molecule has 0 aromatic heterocycles. The van der Waals surface area contributed by atoms with E-state index in [0.717, 1.165) is 12.1 Å². The highest BCUT2D eigenvalue weighted by atomic mass is 19.2. The quantitative estimate of drug-likeness (QED) is 0.909. The van der Waals surface area contributed by atoms with Crippen LogP contribution in [-0.4, -0.2) is 14.2 Å². The fourth-order valence-corrected chi connectivity index (χ4v) is 2.22. The van der Waals surface area contributed by atoms with Crippen molar-refractivity contribution < 1.29 is 17.9 Å². The van der Waals surface area contributed by atoms with Crippen LogP contribution in [0.4, 0.5) is 13.2 Å². The number of likely N-dealkylation sites (N-methyl/N-ethyl adjacent to an activating group) is 1. The van der Waals surface area contributed by atoms with Gasteiger partial charge in [-0.3, -0.25) is 0 Å². The van der Waals surface area contributed by atoms with Crippen molar-refractivity contribution >= 4 is 0 Å². The van der Waals surface area contributed by atoms with E-state index < -0.39 is 17.5 Å². The Balaban J connectivity index is 2.29. The summed E-state index contributed by atoms with van der Waals surface area (Å²) in [6, 6.07) is 8.16. The molecule has 0 radical (unpaired) electrons. The van der Waals surface area contributed by atoms with E-state index in [1.807, 2.05) is 0 Å². The summed E-state index contributed by atoms with van der Waals surface area (Å²) in [6.07, 6.45) is 0.331. The summed E-state index contributed by atoms with van der Waals surface area (Å²) >= 11 is 0. The molecule has 0 saturated heterocycles. The second-order valence-corrected chi connectivity index (χ2v) is 4.66. The van der Waals surface area contributed by atoms with Crippen molar-refractivity contribution in [1.29, 1.82) is 0 Å². The van der Waals surface area contributed by atoms with Crippen molar-refractivity contribution in [3.63, 3.8) is 0 Å². The van der Waals surface area contributed by atoms with Crippen molar-refractivity contribution in [2.45, 2.75) is 12.5 Å². The predicted octanol–water partition coefficient (Wildman–Crippen LogP) is 3.62. The van der Waals surface area contributed by atoms with E-state index in [2.05, 4.69) is 5.32 Å². The Hall–Kier alpha value is -2.01. The molecule has 0 spiro atoms. The van der Waals surface area contributed by atoms with E-state index in [9.17, 15) is 13.2 Å². The maximum atomic E-state index is 14.3. The monoisotopic (exact) mass is 295 g/mol. The highest BCUT2D eigenvalue weighted by molar-refractivity contribution is 5.34. The van der Waals surface area contributed by atoms with Crippen molar-refractivity contribution in [3.8, 4) is 5.75 Å². The molecule has 0 aliphatic rings. The zero-order valence-corrected chi connectivity index (χ0v) is 11.8. The summed E-state index contributed by atoms with van der Waals surface area (Å²) < 4.78 is 45.4. The molecular formula is C16H16F3NO. The molecule has 112 valence electrons. The Morgan fingerprint density at radius 3 is 2.48 bits per heavy atom. The minimum absolute atomic E-state index is 0.151. The first-order chi connectivity index (χ1) is 10.1. The molecule has 1 atom stereocenters. The minimum atomic E-state index is -0.909. The van der Waals surface area contributed by atoms with E-state index in [1.165, 1.54) is 19.2 Å². The van der Waals surface area contributed by atoms with Crippen molar-refractivity contribution in [2.24, 2.45) is 0 Å². The molecule has 2 rings (SSSR count). The maximum absolute atomic E-state index is 14.3. The molecule has 2 aromatic carbocycles. The summed E-state index contributed by atoms with van der Waals surface area (Å²) in [5.74, 6) is -2.11. The van der Waals surface area contributed by atoms with Gasteiger partial charge in [-0.25, -0.2) is 13.2 Å². The largest absolute Gasteiger partial charge is 0.494 e. The summed E-state index contributed by atoms with van der Waals surface area (Å²) in [5, 5.41) is 2.98. The van der Waals surface area contributed by atoms with E-state index in [-0.39, 0.29) is 11.8 Å². The first kappa shape index (κ1) is 15.4. The molecule has 0 aliphatic heterocycles. The standard InChI is InChI=1S/C16H16F3NO/c1-20-14(9-10-6-7-12(17)13(18)8-10)11-4-3-5-15(21-2)16(11)19/h3-8,14,20H,9H2,1-2H3. The van der Waals surface area contributed by atoms with Crippen molar-refractivity contribution in [1.82, 2.24) is 5.32 Å². The Labute approximate surface area is 121 Å². The van der Waals surface area contributed by atoms with Crippen LogP contribution < -0.4 is 10.1 Å². The number of rotatable bonds is 5. The van der Waals surface area contributed by atoms with Crippen LogP contribution in [0.25, 0.3) is 0 Å². The molecular weight excluding hydrogens is 279 g/mol. The molecule has 0 amide bonds. The fourth-order valence-electron chi connectivity index (χ4n) is 2.22. The highest BCUT2D eigenvalue weighted by Crippen LogP contribution is 2.27. The van der Waals surface area contributed by atoms with Gasteiger partial charge in [-0.1, -0.05) is 18.2 Å². The van der Waals surface area contributed by atoms with E-state index in [1.54, 1.807) is 19.2 Å². The molecule has 1 unspecified atom stereocenters. The predicted molar refractivity (Wildman–Crippen MR) is 74.8 cm³/mol. The van der Waals surface area contributed by atoms with Gasteiger partial charge in [0.2, 0.25) is 0 Å². The second-order valence-electron chi connectivity index (χ2n) is 4.66. The average molecular weight is 295 g/mol. The van der Waals surface area contributed by atoms with Gasteiger partial charge in [0.25, 0.3) is 0 Å². The molecule has 0 aliphatic carbocycles. The maximum Gasteiger partial charge on any atom is 0.169 e. The number of halogens is 3. The van der Waals surface area contributed by atoms with Gasteiger partial charge in [0.15, 0.2) is 23.2 Å². The summed E-state index contributed by atoms with van der Waals surface area (Å²) in [4.78, 5) is 0. The van der Waals surface area contributed by atoms with Gasteiger partial charge in [-0.15, -0.1) is 0 Å². The SMILES string of the molecule is CNC(Cc1ccc(F)c(F)c1)c1cccc(OC)c1F. The van der Waals surface area contributed by atoms with Gasteiger partial charge in [-0.2, -0.15) is 0 Å². The normalized spacial score (nSPS) is 12.2. The van der Waals surface area contributed by atoms with E-state index in [0.29, 0.717) is 17.5 Å². The molecule has 0 heterocycles. The third kappa shape index (κ3) is 3.36. The molecule has 1 N–H and O–H groups in total. The first-order valence-corrected chi connectivity index (χ1v) is 6.50. The zero-order chi connectivity index (χ0) is 15.4. The van der Waals surface area contributed by atoms with Crippen LogP contribution in [0.2, 0.25) is 0 Å². The van der Waals surface area contributed by atoms with Gasteiger partial charge in [0.05, 0.1) is 7.11 Å². The van der Waals surface area contributed by atoms with Crippen molar-refractivity contribution in [3.05, 3.63) is 65.0 Å². The second kappa shape index (κ2) is 6.63. The molecule has 0 fully saturated rings. The lowest BCUT2D eigenvalue weighted by Gasteiger charge is -2.18. The van der Waals surface area contributed by atoms with E-state index in [4.69, 9.17) is 4.74 Å². The number of hydrogen-bond acceptors (Lipinski definition) is 2. The number of hydrogen-bond donors (Lipinski definition) is 1. The molecule has 0 saturated carbocycles. The van der Waals surface area contributed by atoms with E-state index >= 15 is 0 Å². The first-order valence-electron chi connectivity index (χ1n) is 6.50. The lowest BCUT2D eigenvalue weighted by Crippen LogP contribution is -2.20. The number of methoxy groups -OCH3 is 1. The Morgan fingerprint density at radius 2 is 1.86 bits per heavy atom. The van der Waals surface area contributed by atoms with Gasteiger partial charge in [0.1, 0.15) is 0 Å². The van der Waals surface area contributed by atoms with Crippen LogP contribution in [-0.2, 0) is 6.42 Å². The fraction of sp³-hybridized carbons (Fsp3) is 0.250. The van der Waals surface area contributed by atoms with Crippen LogP contribution in [0, 0.1) is 17.5 Å². The van der Waals surface area contributed by atoms with Crippen molar-refractivity contribution in [2.75, 3.05) is 14.2 Å².